The lowest BCUT2D eigenvalue weighted by Gasteiger charge is -2.20. The Morgan fingerprint density at radius 2 is 1.81 bits per heavy atom. The first-order valence-electron chi connectivity index (χ1n) is 9.87. The molecule has 2 heterocycles. The van der Waals surface area contributed by atoms with Crippen molar-refractivity contribution in [3.63, 3.8) is 0 Å². The predicted molar refractivity (Wildman–Crippen MR) is 122 cm³/mol. The van der Waals surface area contributed by atoms with Crippen molar-refractivity contribution in [3.05, 3.63) is 89.2 Å². The van der Waals surface area contributed by atoms with Crippen molar-refractivity contribution < 1.29 is 14.3 Å². The molecule has 0 spiro atoms. The number of methoxy groups -OCH3 is 1. The molecule has 0 radical (unpaired) electrons. The molecule has 4 aromatic rings. The lowest BCUT2D eigenvalue weighted by molar-refractivity contribution is 0.0600. The van der Waals surface area contributed by atoms with Crippen molar-refractivity contribution in [3.8, 4) is 0 Å². The number of fused-ring (bicyclic) bond motifs is 1. The van der Waals surface area contributed by atoms with E-state index in [0.29, 0.717) is 22.8 Å². The number of benzene rings is 2. The molecule has 7 heteroatoms. The summed E-state index contributed by atoms with van der Waals surface area (Å²) in [5, 5.41) is 0.620. The number of ether oxygens (including phenoxy) is 1. The van der Waals surface area contributed by atoms with Crippen LogP contribution in [0.25, 0.3) is 10.2 Å². The summed E-state index contributed by atoms with van der Waals surface area (Å²) in [7, 11) is 1.33. The van der Waals surface area contributed by atoms with Crippen molar-refractivity contribution in [2.45, 2.75) is 19.9 Å². The quantitative estimate of drug-likeness (QED) is 0.407. The summed E-state index contributed by atoms with van der Waals surface area (Å²) in [6, 6.07) is 16.4. The molecule has 0 N–H and O–H groups in total. The van der Waals surface area contributed by atoms with Gasteiger partial charge in [-0.05, 0) is 60.0 Å². The van der Waals surface area contributed by atoms with Crippen LogP contribution in [-0.4, -0.2) is 29.0 Å². The number of amides is 1. The van der Waals surface area contributed by atoms with Gasteiger partial charge in [0.2, 0.25) is 0 Å². The van der Waals surface area contributed by atoms with Gasteiger partial charge in [-0.3, -0.25) is 14.7 Å². The molecule has 4 rings (SSSR count). The number of rotatable bonds is 6. The summed E-state index contributed by atoms with van der Waals surface area (Å²) >= 11 is 1.49. The van der Waals surface area contributed by atoms with Crippen molar-refractivity contribution in [1.29, 1.82) is 0 Å². The van der Waals surface area contributed by atoms with Gasteiger partial charge in [-0.1, -0.05) is 30.4 Å². The van der Waals surface area contributed by atoms with Gasteiger partial charge in [0.05, 0.1) is 29.4 Å². The Labute approximate surface area is 184 Å². The minimum Gasteiger partial charge on any atom is -0.465 e. The van der Waals surface area contributed by atoms with Gasteiger partial charge in [-0.2, -0.15) is 0 Å². The van der Waals surface area contributed by atoms with Crippen molar-refractivity contribution in [2.24, 2.45) is 0 Å². The second-order valence-electron chi connectivity index (χ2n) is 6.97. The highest BCUT2D eigenvalue weighted by atomic mass is 32.1. The number of pyridine rings is 1. The molecular formula is C24H21N3O3S. The maximum atomic E-state index is 13.5. The molecule has 2 aromatic heterocycles. The number of aromatic nitrogens is 2. The topological polar surface area (TPSA) is 72.4 Å². The van der Waals surface area contributed by atoms with Gasteiger partial charge in [-0.25, -0.2) is 9.78 Å². The van der Waals surface area contributed by atoms with E-state index in [1.807, 2.05) is 18.2 Å². The minimum atomic E-state index is -0.441. The first-order valence-corrected chi connectivity index (χ1v) is 10.7. The second kappa shape index (κ2) is 9.06. The van der Waals surface area contributed by atoms with Crippen LogP contribution in [0.2, 0.25) is 0 Å². The van der Waals surface area contributed by atoms with E-state index >= 15 is 0 Å². The molecule has 6 nitrogen and oxygen atoms in total. The van der Waals surface area contributed by atoms with E-state index in [0.717, 1.165) is 22.2 Å². The molecular weight excluding hydrogens is 410 g/mol. The smallest absolute Gasteiger partial charge is 0.337 e. The second-order valence-corrected chi connectivity index (χ2v) is 7.98. The Morgan fingerprint density at radius 3 is 2.48 bits per heavy atom. The predicted octanol–water partition coefficient (Wildman–Crippen LogP) is 4.89. The van der Waals surface area contributed by atoms with E-state index in [2.05, 4.69) is 24.0 Å². The Morgan fingerprint density at radius 1 is 1.03 bits per heavy atom. The molecule has 31 heavy (non-hydrogen) atoms. The van der Waals surface area contributed by atoms with Gasteiger partial charge in [0.15, 0.2) is 5.13 Å². The van der Waals surface area contributed by atoms with Crippen LogP contribution in [0, 0.1) is 0 Å². The zero-order valence-electron chi connectivity index (χ0n) is 17.2. The first-order chi connectivity index (χ1) is 15.1. The van der Waals surface area contributed by atoms with Gasteiger partial charge in [-0.15, -0.1) is 0 Å². The third-order valence-corrected chi connectivity index (χ3v) is 5.98. The molecule has 1 amide bonds. The number of hydrogen-bond acceptors (Lipinski definition) is 6. The van der Waals surface area contributed by atoms with Crippen LogP contribution in [0.4, 0.5) is 5.13 Å². The van der Waals surface area contributed by atoms with E-state index in [9.17, 15) is 9.59 Å². The number of carbonyl (C=O) groups is 2. The van der Waals surface area contributed by atoms with Crippen LogP contribution in [0.15, 0.2) is 67.0 Å². The molecule has 0 saturated carbocycles. The number of nitrogens with zero attached hydrogens (tertiary/aromatic N) is 3. The number of esters is 1. The van der Waals surface area contributed by atoms with Crippen LogP contribution in [0.1, 0.15) is 38.8 Å². The van der Waals surface area contributed by atoms with Crippen LogP contribution in [0.3, 0.4) is 0 Å². The summed E-state index contributed by atoms with van der Waals surface area (Å²) < 4.78 is 5.78. The fourth-order valence-electron chi connectivity index (χ4n) is 3.22. The Balaban J connectivity index is 1.72. The molecule has 0 bridgehead atoms. The highest BCUT2D eigenvalue weighted by molar-refractivity contribution is 7.22. The van der Waals surface area contributed by atoms with Gasteiger partial charge in [0.1, 0.15) is 0 Å². The molecule has 0 aliphatic heterocycles. The van der Waals surface area contributed by atoms with Gasteiger partial charge in [0, 0.05) is 18.0 Å². The first kappa shape index (κ1) is 20.7. The average Bonchev–Trinajstić information content (AvgIpc) is 3.25. The van der Waals surface area contributed by atoms with Gasteiger partial charge in [0.25, 0.3) is 5.91 Å². The highest BCUT2D eigenvalue weighted by Gasteiger charge is 2.22. The molecule has 0 aliphatic carbocycles. The van der Waals surface area contributed by atoms with Crippen LogP contribution in [-0.2, 0) is 17.7 Å². The lowest BCUT2D eigenvalue weighted by Crippen LogP contribution is -2.30. The SMILES string of the molecule is CCc1ccc2nc(N(Cc3cccnc3)C(=O)c3ccc(C(=O)OC)cc3)sc2c1. The molecule has 2 aromatic carbocycles. The summed E-state index contributed by atoms with van der Waals surface area (Å²) in [5.74, 6) is -0.640. The minimum absolute atomic E-state index is 0.199. The zero-order valence-corrected chi connectivity index (χ0v) is 18.1. The van der Waals surface area contributed by atoms with Crippen molar-refractivity contribution >= 4 is 38.6 Å². The number of carbonyl (C=O) groups excluding carboxylic acids is 2. The molecule has 156 valence electrons. The average molecular weight is 432 g/mol. The zero-order chi connectivity index (χ0) is 21.8. The van der Waals surface area contributed by atoms with E-state index in [-0.39, 0.29) is 5.91 Å². The summed E-state index contributed by atoms with van der Waals surface area (Å²) in [6.45, 7) is 2.45. The number of anilines is 1. The van der Waals surface area contributed by atoms with Crippen LogP contribution < -0.4 is 4.90 Å². The molecule has 0 atom stereocenters. The van der Waals surface area contributed by atoms with Crippen molar-refractivity contribution in [2.75, 3.05) is 12.0 Å². The van der Waals surface area contributed by atoms with Crippen molar-refractivity contribution in [1.82, 2.24) is 9.97 Å². The number of aryl methyl sites for hydroxylation is 1. The molecule has 0 aliphatic rings. The normalized spacial score (nSPS) is 10.8. The Hall–Kier alpha value is -3.58. The maximum absolute atomic E-state index is 13.5. The van der Waals surface area contributed by atoms with E-state index < -0.39 is 5.97 Å². The molecule has 0 unspecified atom stereocenters. The fourth-order valence-corrected chi connectivity index (χ4v) is 4.24. The molecule has 0 fully saturated rings. The van der Waals surface area contributed by atoms with Crippen LogP contribution >= 0.6 is 11.3 Å². The summed E-state index contributed by atoms with van der Waals surface area (Å²) in [6.07, 6.45) is 4.38. The molecule has 0 saturated heterocycles. The van der Waals surface area contributed by atoms with Crippen LogP contribution in [0.5, 0.6) is 0 Å². The highest BCUT2D eigenvalue weighted by Crippen LogP contribution is 2.31. The standard InChI is InChI=1S/C24H21N3O3S/c1-3-16-6-11-20-21(13-16)31-24(26-20)27(15-17-5-4-12-25-14-17)22(28)18-7-9-19(10-8-18)23(29)30-2/h4-14H,3,15H2,1-2H3. The van der Waals surface area contributed by atoms with Gasteiger partial charge < -0.3 is 4.74 Å². The van der Waals surface area contributed by atoms with E-state index in [1.54, 1.807) is 41.6 Å². The number of thiazole rings is 1. The monoisotopic (exact) mass is 431 g/mol. The maximum Gasteiger partial charge on any atom is 0.337 e. The fraction of sp³-hybridized carbons (Fsp3) is 0.167. The number of hydrogen-bond donors (Lipinski definition) is 0. The third kappa shape index (κ3) is 4.46. The van der Waals surface area contributed by atoms with E-state index in [4.69, 9.17) is 9.72 Å². The Bertz CT molecular complexity index is 1220. The Kier molecular flexibility index (Phi) is 6.04. The van der Waals surface area contributed by atoms with Gasteiger partial charge >= 0.3 is 5.97 Å². The summed E-state index contributed by atoms with van der Waals surface area (Å²) in [4.78, 5) is 35.7. The largest absolute Gasteiger partial charge is 0.465 e. The summed E-state index contributed by atoms with van der Waals surface area (Å²) in [5.41, 5.74) is 3.85. The van der Waals surface area contributed by atoms with E-state index in [1.165, 1.54) is 24.0 Å². The third-order valence-electron chi connectivity index (χ3n) is 4.94. The lowest BCUT2D eigenvalue weighted by atomic mass is 10.1.